The second kappa shape index (κ2) is 8.15. The lowest BCUT2D eigenvalue weighted by Crippen LogP contribution is -2.47. The van der Waals surface area contributed by atoms with E-state index in [0.29, 0.717) is 13.0 Å². The Balaban J connectivity index is 1.76. The Labute approximate surface area is 127 Å². The van der Waals surface area contributed by atoms with Crippen molar-refractivity contribution >= 4 is 5.91 Å². The summed E-state index contributed by atoms with van der Waals surface area (Å²) in [5.41, 5.74) is 1.31. The number of aryl methyl sites for hydroxylation is 1. The Bertz CT molecular complexity index is 422. The van der Waals surface area contributed by atoms with Crippen LogP contribution in [0.25, 0.3) is 0 Å². The van der Waals surface area contributed by atoms with Crippen molar-refractivity contribution in [3.63, 3.8) is 0 Å². The Morgan fingerprint density at radius 3 is 2.67 bits per heavy atom. The maximum absolute atomic E-state index is 12.0. The molecule has 0 aliphatic carbocycles. The second-order valence-corrected chi connectivity index (χ2v) is 5.95. The van der Waals surface area contributed by atoms with Gasteiger partial charge >= 0.3 is 0 Å². The number of carbonyl (C=O) groups excluding carboxylic acids is 1. The van der Waals surface area contributed by atoms with E-state index in [-0.39, 0.29) is 11.3 Å². The Morgan fingerprint density at radius 2 is 2.00 bits per heavy atom. The van der Waals surface area contributed by atoms with Gasteiger partial charge in [0.25, 0.3) is 0 Å². The van der Waals surface area contributed by atoms with Crippen molar-refractivity contribution in [1.82, 2.24) is 10.6 Å². The fourth-order valence-corrected chi connectivity index (χ4v) is 2.91. The molecular formula is C17H26N2O2. The molecule has 2 rings (SSSR count). The number of carbonyl (C=O) groups is 1. The predicted molar refractivity (Wildman–Crippen MR) is 84.2 cm³/mol. The number of methoxy groups -OCH3 is 1. The maximum atomic E-state index is 12.0. The predicted octanol–water partition coefficient (Wildman–Crippen LogP) is 1.75. The van der Waals surface area contributed by atoms with Crippen LogP contribution in [0.1, 0.15) is 24.8 Å². The molecule has 0 atom stereocenters. The number of piperidine rings is 1. The molecule has 0 bridgehead atoms. The van der Waals surface area contributed by atoms with Gasteiger partial charge in [-0.25, -0.2) is 0 Å². The summed E-state index contributed by atoms with van der Waals surface area (Å²) >= 11 is 0. The van der Waals surface area contributed by atoms with Crippen LogP contribution in [0.15, 0.2) is 30.3 Å². The normalized spacial score (nSPS) is 17.4. The van der Waals surface area contributed by atoms with E-state index in [0.717, 1.165) is 38.9 Å². The zero-order chi connectivity index (χ0) is 15.0. The van der Waals surface area contributed by atoms with Crippen LogP contribution in [-0.4, -0.2) is 39.3 Å². The molecule has 1 saturated heterocycles. The van der Waals surface area contributed by atoms with Crippen LogP contribution in [0.2, 0.25) is 0 Å². The van der Waals surface area contributed by atoms with Gasteiger partial charge in [-0.1, -0.05) is 30.3 Å². The van der Waals surface area contributed by atoms with Crippen LogP contribution in [0.3, 0.4) is 0 Å². The molecule has 1 aliphatic heterocycles. The Hall–Kier alpha value is -1.39. The minimum absolute atomic E-state index is 0.0996. The molecule has 0 unspecified atom stereocenters. The Kier molecular flexibility index (Phi) is 6.21. The number of nitrogens with one attached hydrogen (secondary N) is 2. The molecule has 4 nitrogen and oxygen atoms in total. The number of hydrogen-bond acceptors (Lipinski definition) is 3. The van der Waals surface area contributed by atoms with E-state index in [1.165, 1.54) is 5.56 Å². The zero-order valence-corrected chi connectivity index (χ0v) is 12.9. The lowest BCUT2D eigenvalue weighted by atomic mass is 9.79. The van der Waals surface area contributed by atoms with E-state index in [4.69, 9.17) is 4.74 Å². The smallest absolute Gasteiger partial charge is 0.220 e. The third-order valence-corrected chi connectivity index (χ3v) is 4.26. The monoisotopic (exact) mass is 290 g/mol. The quantitative estimate of drug-likeness (QED) is 0.804. The summed E-state index contributed by atoms with van der Waals surface area (Å²) in [4.78, 5) is 12.0. The van der Waals surface area contributed by atoms with Crippen LogP contribution in [0.5, 0.6) is 0 Å². The zero-order valence-electron chi connectivity index (χ0n) is 12.9. The van der Waals surface area contributed by atoms with Gasteiger partial charge in [0.15, 0.2) is 0 Å². The fraction of sp³-hybridized carbons (Fsp3) is 0.588. The summed E-state index contributed by atoms with van der Waals surface area (Å²) in [6, 6.07) is 10.1. The summed E-state index contributed by atoms with van der Waals surface area (Å²) in [6.07, 6.45) is 3.45. The minimum atomic E-state index is 0.0996. The molecule has 21 heavy (non-hydrogen) atoms. The molecular weight excluding hydrogens is 264 g/mol. The second-order valence-electron chi connectivity index (χ2n) is 5.95. The molecule has 1 aliphatic rings. The molecule has 1 aromatic rings. The summed E-state index contributed by atoms with van der Waals surface area (Å²) in [7, 11) is 1.74. The molecule has 116 valence electrons. The molecule has 1 fully saturated rings. The Morgan fingerprint density at radius 1 is 1.29 bits per heavy atom. The van der Waals surface area contributed by atoms with E-state index in [1.807, 2.05) is 18.2 Å². The van der Waals surface area contributed by atoms with E-state index in [1.54, 1.807) is 7.11 Å². The average Bonchev–Trinajstić information content (AvgIpc) is 2.53. The van der Waals surface area contributed by atoms with Crippen molar-refractivity contribution in [2.24, 2.45) is 5.41 Å². The summed E-state index contributed by atoms with van der Waals surface area (Å²) in [5.74, 6) is 0.132. The molecule has 0 saturated carbocycles. The van der Waals surface area contributed by atoms with Gasteiger partial charge in [0.05, 0.1) is 6.61 Å². The first-order valence-electron chi connectivity index (χ1n) is 7.74. The van der Waals surface area contributed by atoms with Gasteiger partial charge < -0.3 is 15.4 Å². The van der Waals surface area contributed by atoms with Gasteiger partial charge in [0.1, 0.15) is 0 Å². The first-order chi connectivity index (χ1) is 10.2. The van der Waals surface area contributed by atoms with Crippen molar-refractivity contribution in [2.75, 3.05) is 33.4 Å². The van der Waals surface area contributed by atoms with Crippen LogP contribution < -0.4 is 10.6 Å². The first kappa shape index (κ1) is 16.0. The van der Waals surface area contributed by atoms with Crippen molar-refractivity contribution in [1.29, 1.82) is 0 Å². The minimum Gasteiger partial charge on any atom is -0.384 e. The van der Waals surface area contributed by atoms with Crippen molar-refractivity contribution in [2.45, 2.75) is 25.7 Å². The number of ether oxygens (including phenoxy) is 1. The number of amides is 1. The molecule has 0 aromatic heterocycles. The van der Waals surface area contributed by atoms with Gasteiger partial charge in [-0.2, -0.15) is 0 Å². The third kappa shape index (κ3) is 5.14. The summed E-state index contributed by atoms with van der Waals surface area (Å²) in [5, 5.41) is 6.47. The summed E-state index contributed by atoms with van der Waals surface area (Å²) < 4.78 is 5.37. The molecule has 1 heterocycles. The van der Waals surface area contributed by atoms with Gasteiger partial charge in [-0.3, -0.25) is 4.79 Å². The molecule has 2 N–H and O–H groups in total. The topological polar surface area (TPSA) is 50.4 Å². The van der Waals surface area contributed by atoms with Crippen LogP contribution in [0, 0.1) is 5.41 Å². The molecule has 1 amide bonds. The van der Waals surface area contributed by atoms with Crippen molar-refractivity contribution in [3.05, 3.63) is 35.9 Å². The van der Waals surface area contributed by atoms with Gasteiger partial charge in [-0.05, 0) is 37.9 Å². The summed E-state index contributed by atoms with van der Waals surface area (Å²) in [6.45, 7) is 3.44. The van der Waals surface area contributed by atoms with Crippen molar-refractivity contribution < 1.29 is 9.53 Å². The average molecular weight is 290 g/mol. The molecule has 0 spiro atoms. The lowest BCUT2D eigenvalue weighted by Gasteiger charge is -2.37. The number of rotatable bonds is 7. The standard InChI is InChI=1S/C17H26N2O2/c1-21-14-17(9-11-18-12-10-17)13-19-16(20)8-7-15-5-3-2-4-6-15/h2-6,18H,7-14H2,1H3,(H,19,20). The number of hydrogen-bond donors (Lipinski definition) is 2. The largest absolute Gasteiger partial charge is 0.384 e. The van der Waals surface area contributed by atoms with Crippen LogP contribution >= 0.6 is 0 Å². The van der Waals surface area contributed by atoms with E-state index >= 15 is 0 Å². The number of benzene rings is 1. The highest BCUT2D eigenvalue weighted by atomic mass is 16.5. The molecule has 0 radical (unpaired) electrons. The van der Waals surface area contributed by atoms with E-state index in [2.05, 4.69) is 22.8 Å². The van der Waals surface area contributed by atoms with Crippen LogP contribution in [0.4, 0.5) is 0 Å². The van der Waals surface area contributed by atoms with Crippen molar-refractivity contribution in [3.8, 4) is 0 Å². The SMILES string of the molecule is COCC1(CNC(=O)CCc2ccccc2)CCNCC1. The van der Waals surface area contributed by atoms with Gasteiger partial charge in [0, 0.05) is 25.5 Å². The highest BCUT2D eigenvalue weighted by Gasteiger charge is 2.32. The van der Waals surface area contributed by atoms with Gasteiger partial charge in [0.2, 0.25) is 5.91 Å². The fourth-order valence-electron chi connectivity index (χ4n) is 2.91. The third-order valence-electron chi connectivity index (χ3n) is 4.26. The first-order valence-corrected chi connectivity index (χ1v) is 7.74. The van der Waals surface area contributed by atoms with E-state index in [9.17, 15) is 4.79 Å². The van der Waals surface area contributed by atoms with Gasteiger partial charge in [-0.15, -0.1) is 0 Å². The lowest BCUT2D eigenvalue weighted by molar-refractivity contribution is -0.122. The highest BCUT2D eigenvalue weighted by molar-refractivity contribution is 5.76. The highest BCUT2D eigenvalue weighted by Crippen LogP contribution is 2.28. The maximum Gasteiger partial charge on any atom is 0.220 e. The molecule has 1 aromatic carbocycles. The molecule has 4 heteroatoms. The van der Waals surface area contributed by atoms with E-state index < -0.39 is 0 Å². The van der Waals surface area contributed by atoms with Crippen LogP contribution in [-0.2, 0) is 16.0 Å².